The van der Waals surface area contributed by atoms with Gasteiger partial charge in [-0.05, 0) is 87.0 Å². The first kappa shape index (κ1) is 30.1. The van der Waals surface area contributed by atoms with Crippen molar-refractivity contribution in [3.8, 4) is 11.5 Å². The second kappa shape index (κ2) is 11.2. The molecule has 44 heavy (non-hydrogen) atoms. The third-order valence-electron chi connectivity index (χ3n) is 8.63. The first-order valence-corrected chi connectivity index (χ1v) is 16.0. The molecule has 3 aromatic carbocycles. The van der Waals surface area contributed by atoms with Gasteiger partial charge >= 0.3 is 0 Å². The average molecular weight is 637 g/mol. The van der Waals surface area contributed by atoms with Gasteiger partial charge in [0.05, 0.1) is 36.5 Å². The molecule has 0 bridgehead atoms. The van der Waals surface area contributed by atoms with E-state index in [-0.39, 0.29) is 10.6 Å². The molecule has 1 saturated heterocycles. The van der Waals surface area contributed by atoms with Gasteiger partial charge in [0, 0.05) is 29.2 Å². The molecule has 6 rings (SSSR count). The minimum atomic E-state index is -4.41. The minimum absolute atomic E-state index is 0.0591. The van der Waals surface area contributed by atoms with Gasteiger partial charge in [0.1, 0.15) is 17.8 Å². The Labute approximate surface area is 261 Å². The number of rotatable bonds is 9. The molecule has 0 saturated carbocycles. The number of aromatic nitrogens is 1. The molecule has 4 aromatic rings. The Kier molecular flexibility index (Phi) is 7.69. The predicted molar refractivity (Wildman–Crippen MR) is 165 cm³/mol. The van der Waals surface area contributed by atoms with Gasteiger partial charge in [0.25, 0.3) is 15.9 Å². The Balaban J connectivity index is 1.70. The van der Waals surface area contributed by atoms with E-state index in [4.69, 9.17) is 25.5 Å². The highest BCUT2D eigenvalue weighted by molar-refractivity contribution is 7.93. The van der Waals surface area contributed by atoms with Crippen molar-refractivity contribution >= 4 is 33.2 Å². The lowest BCUT2D eigenvalue weighted by molar-refractivity contribution is -0.130. The summed E-state index contributed by atoms with van der Waals surface area (Å²) in [6, 6.07) is 16.4. The molecule has 1 aromatic heterocycles. The van der Waals surface area contributed by atoms with Crippen molar-refractivity contribution in [1.82, 2.24) is 15.2 Å². The zero-order valence-corrected chi connectivity index (χ0v) is 26.4. The third-order valence-corrected chi connectivity index (χ3v) is 10.6. The van der Waals surface area contributed by atoms with Crippen LogP contribution in [0.1, 0.15) is 42.3 Å². The highest BCUT2D eigenvalue weighted by atomic mass is 35.5. The van der Waals surface area contributed by atoms with Crippen molar-refractivity contribution in [2.45, 2.75) is 42.3 Å². The predicted octanol–water partition coefficient (Wildman–Crippen LogP) is 5.05. The Hall–Kier alpha value is -3.90. The summed E-state index contributed by atoms with van der Waals surface area (Å²) in [6.45, 7) is 2.91. The summed E-state index contributed by atoms with van der Waals surface area (Å²) in [5, 5.41) is 3.52. The van der Waals surface area contributed by atoms with Crippen LogP contribution in [-0.4, -0.2) is 52.0 Å². The number of nitrogens with one attached hydrogen (secondary N) is 1. The normalized spacial score (nSPS) is 21.9. The zero-order valence-electron chi connectivity index (χ0n) is 24.8. The number of hydrogen-bond donors (Lipinski definition) is 1. The van der Waals surface area contributed by atoms with Crippen molar-refractivity contribution in [3.05, 3.63) is 101 Å². The highest BCUT2D eigenvalue weighted by Gasteiger charge is 2.65. The van der Waals surface area contributed by atoms with E-state index < -0.39 is 27.0 Å². The van der Waals surface area contributed by atoms with Crippen LogP contribution in [0.2, 0.25) is 5.02 Å². The van der Waals surface area contributed by atoms with Crippen LogP contribution in [-0.2, 0) is 32.4 Å². The van der Waals surface area contributed by atoms with Gasteiger partial charge in [0.15, 0.2) is 5.54 Å². The van der Waals surface area contributed by atoms with E-state index in [0.29, 0.717) is 59.5 Å². The number of carbonyl (C=O) groups excluding carboxylic acids is 1. The van der Waals surface area contributed by atoms with E-state index in [9.17, 15) is 8.42 Å². The molecule has 2 aliphatic heterocycles. The van der Waals surface area contributed by atoms with Crippen LogP contribution in [0.3, 0.4) is 0 Å². The molecule has 1 fully saturated rings. The minimum Gasteiger partial charge on any atom is -0.497 e. The molecule has 2 aliphatic rings. The number of nitrogens with zero attached hydrogens (tertiary/aromatic N) is 3. The number of likely N-dealkylation sites (tertiary alicyclic amines) is 1. The van der Waals surface area contributed by atoms with Crippen LogP contribution >= 0.6 is 11.6 Å². The number of ether oxygens (including phenoxy) is 2. The van der Waals surface area contributed by atoms with E-state index in [1.54, 1.807) is 42.6 Å². The summed E-state index contributed by atoms with van der Waals surface area (Å²) in [6.07, 6.45) is 4.38. The maximum absolute atomic E-state index is 15.4. The van der Waals surface area contributed by atoms with Crippen LogP contribution < -0.4 is 19.1 Å². The average Bonchev–Trinajstić information content (AvgIpc) is 3.75. The van der Waals surface area contributed by atoms with Crippen molar-refractivity contribution < 1.29 is 27.1 Å². The van der Waals surface area contributed by atoms with Crippen molar-refractivity contribution in [2.75, 3.05) is 32.1 Å². The number of hydrogen-bond acceptors (Lipinski definition) is 9. The van der Waals surface area contributed by atoms with Crippen molar-refractivity contribution in [3.63, 3.8) is 0 Å². The molecule has 10 nitrogen and oxygen atoms in total. The van der Waals surface area contributed by atoms with Gasteiger partial charge in [-0.25, -0.2) is 17.7 Å². The summed E-state index contributed by atoms with van der Waals surface area (Å²) < 4.78 is 46.9. The van der Waals surface area contributed by atoms with Gasteiger partial charge in [-0.1, -0.05) is 17.7 Å². The van der Waals surface area contributed by atoms with Gasteiger partial charge in [-0.3, -0.25) is 9.69 Å². The number of methoxy groups -OCH3 is 2. The number of benzene rings is 3. The molecule has 1 N–H and O–H groups in total. The molecule has 2 atom stereocenters. The Morgan fingerprint density at radius 2 is 1.82 bits per heavy atom. The molecule has 0 radical (unpaired) electrons. The molecule has 12 heteroatoms. The smallest absolute Gasteiger partial charge is 0.271 e. The molecular formula is C32H33ClN4O6S. The van der Waals surface area contributed by atoms with E-state index >= 15 is 4.79 Å². The van der Waals surface area contributed by atoms with Crippen molar-refractivity contribution in [2.24, 2.45) is 0 Å². The molecular weight excluding hydrogens is 604 g/mol. The standard InChI is InChI=1S/C32H33ClN4O6S/c1-31(29-35-15-17-43-29)14-5-16-36(31)32(26-18-21(20-34-2)6-13-28(26)42-4)25-19-22(33)7-12-27(25)37(30(32)38)44(39,40)24-10-8-23(41-3)9-11-24/h6-13,15,17-19,34H,5,14,16,20H2,1-4H3. The van der Waals surface area contributed by atoms with Gasteiger partial charge in [-0.15, -0.1) is 0 Å². The summed E-state index contributed by atoms with van der Waals surface area (Å²) in [5.74, 6) is 0.662. The van der Waals surface area contributed by atoms with Gasteiger partial charge in [-0.2, -0.15) is 0 Å². The Bertz CT molecular complexity index is 1810. The second-order valence-corrected chi connectivity index (χ2v) is 13.3. The number of sulfonamides is 1. The maximum atomic E-state index is 15.4. The maximum Gasteiger partial charge on any atom is 0.271 e. The summed E-state index contributed by atoms with van der Waals surface area (Å²) in [4.78, 5) is 21.9. The number of fused-ring (bicyclic) bond motifs is 1. The molecule has 230 valence electrons. The van der Waals surface area contributed by atoms with Crippen LogP contribution in [0, 0.1) is 0 Å². The lowest BCUT2D eigenvalue weighted by atomic mass is 9.78. The molecule has 0 aliphatic carbocycles. The number of oxazole rings is 1. The summed E-state index contributed by atoms with van der Waals surface area (Å²) in [5.41, 5.74) is -0.567. The zero-order chi connectivity index (χ0) is 31.3. The monoisotopic (exact) mass is 636 g/mol. The molecule has 3 heterocycles. The highest BCUT2D eigenvalue weighted by Crippen LogP contribution is 2.58. The van der Waals surface area contributed by atoms with Crippen LogP contribution in [0.15, 0.2) is 82.4 Å². The fourth-order valence-electron chi connectivity index (χ4n) is 6.67. The molecule has 0 spiro atoms. The quantitative estimate of drug-likeness (QED) is 0.269. The first-order valence-electron chi connectivity index (χ1n) is 14.2. The second-order valence-electron chi connectivity index (χ2n) is 11.1. The summed E-state index contributed by atoms with van der Waals surface area (Å²) >= 11 is 6.65. The molecule has 1 amide bonds. The van der Waals surface area contributed by atoms with Crippen LogP contribution in [0.4, 0.5) is 5.69 Å². The Morgan fingerprint density at radius 3 is 2.48 bits per heavy atom. The van der Waals surface area contributed by atoms with Gasteiger partial charge < -0.3 is 19.2 Å². The number of halogens is 1. The van der Waals surface area contributed by atoms with E-state index in [1.807, 2.05) is 31.0 Å². The number of amides is 1. The van der Waals surface area contributed by atoms with E-state index in [1.165, 1.54) is 32.6 Å². The first-order chi connectivity index (χ1) is 21.1. The lowest BCUT2D eigenvalue weighted by Crippen LogP contribution is -2.59. The SMILES string of the molecule is CNCc1ccc(OC)c(C2(N3CCCC3(C)c3ncco3)C(=O)N(S(=O)(=O)c3ccc(OC)cc3)c3ccc(Cl)cc32)c1. The van der Waals surface area contributed by atoms with E-state index in [2.05, 4.69) is 10.3 Å². The van der Waals surface area contributed by atoms with Gasteiger partial charge in [0.2, 0.25) is 5.89 Å². The fraction of sp³-hybridized carbons (Fsp3) is 0.312. The fourth-order valence-corrected chi connectivity index (χ4v) is 8.30. The topological polar surface area (TPSA) is 114 Å². The lowest BCUT2D eigenvalue weighted by Gasteiger charge is -2.46. The van der Waals surface area contributed by atoms with Crippen molar-refractivity contribution in [1.29, 1.82) is 0 Å². The number of carbonyl (C=O) groups is 1. The number of anilines is 1. The largest absolute Gasteiger partial charge is 0.497 e. The summed E-state index contributed by atoms with van der Waals surface area (Å²) in [7, 11) is 0.451. The van der Waals surface area contributed by atoms with E-state index in [0.717, 1.165) is 9.87 Å². The Morgan fingerprint density at radius 1 is 1.05 bits per heavy atom. The van der Waals surface area contributed by atoms with Crippen LogP contribution in [0.25, 0.3) is 0 Å². The van der Waals surface area contributed by atoms with Crippen LogP contribution in [0.5, 0.6) is 11.5 Å². The third kappa shape index (κ3) is 4.41. The molecule has 2 unspecified atom stereocenters.